The largest absolute Gasteiger partial charge is 0.454 e. The molecule has 0 amide bonds. The first kappa shape index (κ1) is 13.5. The fraction of sp³-hybridized carbons (Fsp3) is 0.692. The predicted octanol–water partition coefficient (Wildman–Crippen LogP) is 0.276. The second kappa shape index (κ2) is 4.28. The summed E-state index contributed by atoms with van der Waals surface area (Å²) in [7, 11) is 0. The van der Waals surface area contributed by atoms with E-state index in [1.54, 1.807) is 13.8 Å². The Balaban J connectivity index is 1.74. The molecule has 3 aliphatic rings. The van der Waals surface area contributed by atoms with E-state index in [0.717, 1.165) is 0 Å². The van der Waals surface area contributed by atoms with E-state index in [2.05, 4.69) is 6.58 Å². The van der Waals surface area contributed by atoms with Crippen LogP contribution in [0, 0.1) is 0 Å². The van der Waals surface area contributed by atoms with Gasteiger partial charge < -0.3 is 23.7 Å². The average molecular weight is 284 g/mol. The molecule has 110 valence electrons. The number of hydrogen-bond donors (Lipinski definition) is 0. The van der Waals surface area contributed by atoms with Gasteiger partial charge in [-0.05, 0) is 20.8 Å². The van der Waals surface area contributed by atoms with Gasteiger partial charge in [-0.3, -0.25) is 0 Å². The number of carbonyl (C=O) groups excluding carboxylic acids is 2. The summed E-state index contributed by atoms with van der Waals surface area (Å²) in [5.41, 5.74) is 0.202. The fourth-order valence-corrected chi connectivity index (χ4v) is 2.55. The third kappa shape index (κ3) is 2.02. The molecule has 2 unspecified atom stereocenters. The van der Waals surface area contributed by atoms with Gasteiger partial charge in [0.2, 0.25) is 6.10 Å². The molecule has 0 aliphatic carbocycles. The van der Waals surface area contributed by atoms with Crippen LogP contribution in [0.5, 0.6) is 0 Å². The maximum Gasteiger partial charge on any atom is 0.350 e. The zero-order valence-corrected chi connectivity index (χ0v) is 11.5. The Bertz CT molecular complexity index is 483. The van der Waals surface area contributed by atoms with Gasteiger partial charge in [-0.2, -0.15) is 0 Å². The summed E-state index contributed by atoms with van der Waals surface area (Å²) in [5, 5.41) is 0. The van der Waals surface area contributed by atoms with E-state index in [9.17, 15) is 9.59 Å². The van der Waals surface area contributed by atoms with Crippen molar-refractivity contribution in [1.82, 2.24) is 0 Å². The first-order valence-electron chi connectivity index (χ1n) is 6.36. The van der Waals surface area contributed by atoms with Crippen molar-refractivity contribution in [3.63, 3.8) is 0 Å². The lowest BCUT2D eigenvalue weighted by atomic mass is 10.1. The van der Waals surface area contributed by atoms with Gasteiger partial charge in [0, 0.05) is 5.57 Å². The summed E-state index contributed by atoms with van der Waals surface area (Å²) in [6.07, 6.45) is -3.58. The van der Waals surface area contributed by atoms with Crippen LogP contribution < -0.4 is 0 Å². The molecule has 20 heavy (non-hydrogen) atoms. The minimum absolute atomic E-state index is 0.202. The Hall–Kier alpha value is -1.44. The standard InChI is InChI=1S/C13H16O7/c1-5(2)10(14)17-8-6-7(16-11(8)15)9-12(18-6)20-13(3,4)19-9/h6-9,12H,1H2,2-4H3/t6?,7-,8?,9-,12+/m0/s1. The number of ether oxygens (including phenoxy) is 5. The quantitative estimate of drug-likeness (QED) is 0.532. The zero-order valence-electron chi connectivity index (χ0n) is 11.5. The van der Waals surface area contributed by atoms with Crippen molar-refractivity contribution in [2.45, 2.75) is 57.3 Å². The second-order valence-corrected chi connectivity index (χ2v) is 5.58. The van der Waals surface area contributed by atoms with Crippen LogP contribution in [-0.4, -0.2) is 48.4 Å². The van der Waals surface area contributed by atoms with Gasteiger partial charge in [-0.1, -0.05) is 6.58 Å². The first-order valence-corrected chi connectivity index (χ1v) is 6.36. The minimum atomic E-state index is -1.11. The van der Waals surface area contributed by atoms with Crippen LogP contribution in [-0.2, 0) is 33.3 Å². The molecule has 3 aliphatic heterocycles. The highest BCUT2D eigenvalue weighted by Gasteiger charge is 2.64. The monoisotopic (exact) mass is 284 g/mol. The van der Waals surface area contributed by atoms with Crippen molar-refractivity contribution in [2.75, 3.05) is 0 Å². The highest BCUT2D eigenvalue weighted by molar-refractivity contribution is 5.90. The number of esters is 2. The Morgan fingerprint density at radius 2 is 1.95 bits per heavy atom. The molecule has 0 saturated carbocycles. The highest BCUT2D eigenvalue weighted by Crippen LogP contribution is 2.42. The normalized spacial score (nSPS) is 41.0. The van der Waals surface area contributed by atoms with Crippen molar-refractivity contribution >= 4 is 11.9 Å². The number of rotatable bonds is 2. The van der Waals surface area contributed by atoms with Crippen molar-refractivity contribution in [3.8, 4) is 0 Å². The molecule has 0 spiro atoms. The third-order valence-electron chi connectivity index (χ3n) is 3.39. The molecule has 0 N–H and O–H groups in total. The SMILES string of the molecule is C=C(C)C(=O)OC1C(=O)O[C@H]2C1O[C@@H]1OC(C)(C)O[C@H]12. The summed E-state index contributed by atoms with van der Waals surface area (Å²) in [6.45, 7) is 8.46. The van der Waals surface area contributed by atoms with E-state index in [-0.39, 0.29) is 5.57 Å². The second-order valence-electron chi connectivity index (χ2n) is 5.58. The van der Waals surface area contributed by atoms with Gasteiger partial charge in [-0.25, -0.2) is 9.59 Å². The Kier molecular flexibility index (Phi) is 2.89. The maximum absolute atomic E-state index is 11.8. The first-order chi connectivity index (χ1) is 9.28. The lowest BCUT2D eigenvalue weighted by molar-refractivity contribution is -0.216. The minimum Gasteiger partial charge on any atom is -0.454 e. The van der Waals surface area contributed by atoms with Crippen LogP contribution in [0.1, 0.15) is 20.8 Å². The molecule has 5 atom stereocenters. The molecule has 0 radical (unpaired) electrons. The van der Waals surface area contributed by atoms with Gasteiger partial charge in [0.15, 0.2) is 24.3 Å². The molecule has 7 nitrogen and oxygen atoms in total. The maximum atomic E-state index is 11.8. The Morgan fingerprint density at radius 3 is 2.60 bits per heavy atom. The topological polar surface area (TPSA) is 80.3 Å². The predicted molar refractivity (Wildman–Crippen MR) is 63.3 cm³/mol. The Morgan fingerprint density at radius 1 is 1.25 bits per heavy atom. The van der Waals surface area contributed by atoms with Crippen molar-refractivity contribution in [1.29, 1.82) is 0 Å². The molecule has 0 bridgehead atoms. The molecule has 0 aromatic heterocycles. The molecular formula is C13H16O7. The van der Waals surface area contributed by atoms with Crippen molar-refractivity contribution < 1.29 is 33.3 Å². The smallest absolute Gasteiger partial charge is 0.350 e. The van der Waals surface area contributed by atoms with Gasteiger partial charge >= 0.3 is 11.9 Å². The van der Waals surface area contributed by atoms with Gasteiger partial charge in [-0.15, -0.1) is 0 Å². The van der Waals surface area contributed by atoms with Gasteiger partial charge in [0.05, 0.1) is 0 Å². The Labute approximate surface area is 115 Å². The summed E-state index contributed by atoms with van der Waals surface area (Å²) in [6, 6.07) is 0. The molecule has 7 heteroatoms. The van der Waals surface area contributed by atoms with E-state index in [4.69, 9.17) is 23.7 Å². The highest BCUT2D eigenvalue weighted by atomic mass is 16.8. The van der Waals surface area contributed by atoms with E-state index >= 15 is 0 Å². The van der Waals surface area contributed by atoms with Gasteiger partial charge in [0.1, 0.15) is 6.10 Å². The molecule has 0 aromatic carbocycles. The van der Waals surface area contributed by atoms with Crippen molar-refractivity contribution in [3.05, 3.63) is 12.2 Å². The van der Waals surface area contributed by atoms with Crippen molar-refractivity contribution in [2.24, 2.45) is 0 Å². The van der Waals surface area contributed by atoms with E-state index < -0.39 is 48.4 Å². The van der Waals surface area contributed by atoms with E-state index in [1.807, 2.05) is 0 Å². The number of hydrogen-bond acceptors (Lipinski definition) is 7. The van der Waals surface area contributed by atoms with Gasteiger partial charge in [0.25, 0.3) is 0 Å². The molecular weight excluding hydrogens is 268 g/mol. The molecule has 3 heterocycles. The van der Waals surface area contributed by atoms with Crippen LogP contribution >= 0.6 is 0 Å². The summed E-state index contributed by atoms with van der Waals surface area (Å²) in [5.74, 6) is -2.09. The van der Waals surface area contributed by atoms with Crippen LogP contribution in [0.25, 0.3) is 0 Å². The summed E-state index contributed by atoms with van der Waals surface area (Å²) < 4.78 is 27.1. The van der Waals surface area contributed by atoms with Crippen LogP contribution in [0.2, 0.25) is 0 Å². The third-order valence-corrected chi connectivity index (χ3v) is 3.39. The molecule has 3 rings (SSSR count). The average Bonchev–Trinajstić information content (AvgIpc) is 2.88. The summed E-state index contributed by atoms with van der Waals surface area (Å²) in [4.78, 5) is 23.3. The zero-order chi connectivity index (χ0) is 14.7. The van der Waals surface area contributed by atoms with E-state index in [0.29, 0.717) is 0 Å². The number of fused-ring (bicyclic) bond motifs is 3. The molecule has 3 fully saturated rings. The van der Waals surface area contributed by atoms with E-state index in [1.165, 1.54) is 6.92 Å². The molecule has 3 saturated heterocycles. The summed E-state index contributed by atoms with van der Waals surface area (Å²) >= 11 is 0. The lowest BCUT2D eigenvalue weighted by Crippen LogP contribution is -2.37. The lowest BCUT2D eigenvalue weighted by Gasteiger charge is -2.21. The fourth-order valence-electron chi connectivity index (χ4n) is 2.55. The molecule has 0 aromatic rings. The van der Waals surface area contributed by atoms with Crippen LogP contribution in [0.3, 0.4) is 0 Å². The van der Waals surface area contributed by atoms with Crippen LogP contribution in [0.4, 0.5) is 0 Å². The van der Waals surface area contributed by atoms with Crippen LogP contribution in [0.15, 0.2) is 12.2 Å². The number of carbonyl (C=O) groups is 2.